The fraction of sp³-hybridized carbons (Fsp3) is 0.143. The summed E-state index contributed by atoms with van der Waals surface area (Å²) in [6.07, 6.45) is 7.09. The first-order chi connectivity index (χ1) is 22.2. The average molecular weight is 676 g/mol. The number of hydrogen-bond donors (Lipinski definition) is 0. The third kappa shape index (κ3) is 9.68. The zero-order valence-electron chi connectivity index (χ0n) is 25.2. The molecule has 4 aromatic heterocycles. The third-order valence-electron chi connectivity index (χ3n) is 6.52. The number of carbonyl (C=O) groups is 2. The molecule has 0 fully saturated rings. The van der Waals surface area contributed by atoms with E-state index >= 15 is 0 Å². The van der Waals surface area contributed by atoms with Crippen LogP contribution in [-0.4, -0.2) is 46.1 Å². The van der Waals surface area contributed by atoms with E-state index in [9.17, 15) is 9.59 Å². The zero-order chi connectivity index (χ0) is 33.1. The van der Waals surface area contributed by atoms with Gasteiger partial charge in [-0.05, 0) is 78.7 Å². The van der Waals surface area contributed by atoms with Gasteiger partial charge in [-0.25, -0.2) is 9.59 Å². The SMILES string of the molecule is COC(=O)c1ccnc(C)c1.COC(=O)c1ccnc(Cc2ccc3ncc(Cl)cc3c2)c1.ClCc1ccc2ncc(Cl)cc2c1. The number of fused-ring (bicyclic) bond motifs is 2. The summed E-state index contributed by atoms with van der Waals surface area (Å²) < 4.78 is 9.25. The Balaban J connectivity index is 0.000000170. The van der Waals surface area contributed by atoms with Gasteiger partial charge in [-0.3, -0.25) is 19.9 Å². The molecular weight excluding hydrogens is 647 g/mol. The molecule has 0 atom stereocenters. The van der Waals surface area contributed by atoms with Gasteiger partial charge in [0.15, 0.2) is 0 Å². The first kappa shape index (κ1) is 34.2. The largest absolute Gasteiger partial charge is 0.465 e. The van der Waals surface area contributed by atoms with Gasteiger partial charge >= 0.3 is 11.9 Å². The molecule has 46 heavy (non-hydrogen) atoms. The van der Waals surface area contributed by atoms with Crippen molar-refractivity contribution in [3.05, 3.63) is 141 Å². The number of methoxy groups -OCH3 is 2. The standard InChI is InChI=1S/C17H13ClN2O2.C10H7Cl2N.C8H9NO2/c1-22-17(21)12-4-5-19-15(9-12)7-11-2-3-16-13(6-11)8-14(18)10-20-16;11-5-7-1-2-10-8(3-7)4-9(12)6-13-10;1-6-5-7(3-4-9-6)8(10)11-2/h2-6,8-10H,7H2,1H3;1-4,6H,5H2;3-5H,1-2H3. The number of halogens is 3. The van der Waals surface area contributed by atoms with Crippen LogP contribution in [0.4, 0.5) is 0 Å². The summed E-state index contributed by atoms with van der Waals surface area (Å²) in [5.41, 5.74) is 6.65. The van der Waals surface area contributed by atoms with Gasteiger partial charge in [0.1, 0.15) is 0 Å². The van der Waals surface area contributed by atoms with E-state index in [2.05, 4.69) is 24.7 Å². The summed E-state index contributed by atoms with van der Waals surface area (Å²) in [6.45, 7) is 1.83. The molecule has 0 spiro atoms. The number of carbonyl (C=O) groups excluding carboxylic acids is 2. The number of aryl methyl sites for hydroxylation is 1. The van der Waals surface area contributed by atoms with Crippen molar-refractivity contribution in [1.29, 1.82) is 0 Å². The van der Waals surface area contributed by atoms with E-state index in [1.807, 2.05) is 55.5 Å². The van der Waals surface area contributed by atoms with Crippen LogP contribution in [0, 0.1) is 6.92 Å². The lowest BCUT2D eigenvalue weighted by Crippen LogP contribution is -2.03. The van der Waals surface area contributed by atoms with Crippen LogP contribution in [0.15, 0.2) is 97.6 Å². The molecule has 0 N–H and O–H groups in total. The number of ether oxygens (including phenoxy) is 2. The van der Waals surface area contributed by atoms with E-state index in [0.29, 0.717) is 33.5 Å². The number of nitrogens with zero attached hydrogens (tertiary/aromatic N) is 4. The maximum atomic E-state index is 11.6. The minimum absolute atomic E-state index is 0.324. The molecule has 0 unspecified atom stereocenters. The van der Waals surface area contributed by atoms with E-state index in [4.69, 9.17) is 39.5 Å². The van der Waals surface area contributed by atoms with Crippen molar-refractivity contribution in [3.63, 3.8) is 0 Å². The summed E-state index contributed by atoms with van der Waals surface area (Å²) in [5.74, 6) is -0.170. The van der Waals surface area contributed by atoms with Crippen molar-refractivity contribution in [2.45, 2.75) is 19.2 Å². The van der Waals surface area contributed by atoms with Crippen LogP contribution in [0.3, 0.4) is 0 Å². The molecule has 0 bridgehead atoms. The Labute approximate surface area is 281 Å². The first-order valence-electron chi connectivity index (χ1n) is 13.9. The number of pyridine rings is 4. The van der Waals surface area contributed by atoms with E-state index in [1.165, 1.54) is 14.2 Å². The van der Waals surface area contributed by atoms with Crippen molar-refractivity contribution in [2.24, 2.45) is 0 Å². The van der Waals surface area contributed by atoms with Crippen LogP contribution in [0.25, 0.3) is 21.8 Å². The van der Waals surface area contributed by atoms with Crippen LogP contribution in [-0.2, 0) is 21.8 Å². The molecule has 0 saturated heterocycles. The van der Waals surface area contributed by atoms with Crippen LogP contribution < -0.4 is 0 Å². The normalized spacial score (nSPS) is 10.3. The van der Waals surface area contributed by atoms with Crippen molar-refractivity contribution < 1.29 is 19.1 Å². The van der Waals surface area contributed by atoms with Gasteiger partial charge in [0.05, 0.1) is 46.4 Å². The third-order valence-corrected chi connectivity index (χ3v) is 7.24. The van der Waals surface area contributed by atoms with Crippen LogP contribution >= 0.6 is 34.8 Å². The highest BCUT2D eigenvalue weighted by Crippen LogP contribution is 2.21. The molecule has 8 nitrogen and oxygen atoms in total. The number of aromatic nitrogens is 4. The molecule has 0 aliphatic heterocycles. The highest BCUT2D eigenvalue weighted by atomic mass is 35.5. The number of esters is 2. The van der Waals surface area contributed by atoms with Gasteiger partial charge in [-0.15, -0.1) is 11.6 Å². The van der Waals surface area contributed by atoms with E-state index in [0.717, 1.165) is 44.3 Å². The fourth-order valence-electron chi connectivity index (χ4n) is 4.32. The average Bonchev–Trinajstić information content (AvgIpc) is 3.07. The summed E-state index contributed by atoms with van der Waals surface area (Å²) in [5, 5.41) is 3.27. The molecule has 0 saturated carbocycles. The fourth-order valence-corrected chi connectivity index (χ4v) is 4.82. The van der Waals surface area contributed by atoms with Crippen molar-refractivity contribution in [2.75, 3.05) is 14.2 Å². The maximum absolute atomic E-state index is 11.6. The van der Waals surface area contributed by atoms with Gasteiger partial charge in [0, 0.05) is 59.2 Å². The number of rotatable bonds is 5. The van der Waals surface area contributed by atoms with Crippen molar-refractivity contribution >= 4 is 68.5 Å². The molecule has 0 aliphatic rings. The molecule has 2 aromatic carbocycles. The molecule has 6 aromatic rings. The topological polar surface area (TPSA) is 104 Å². The van der Waals surface area contributed by atoms with E-state index in [-0.39, 0.29) is 11.9 Å². The second-order valence-corrected chi connectivity index (χ2v) is 11.0. The molecule has 0 aliphatic carbocycles. The lowest BCUT2D eigenvalue weighted by molar-refractivity contribution is 0.0591. The Bertz CT molecular complexity index is 1990. The molecule has 234 valence electrons. The van der Waals surface area contributed by atoms with Gasteiger partial charge in [-0.2, -0.15) is 0 Å². The monoisotopic (exact) mass is 674 g/mol. The highest BCUT2D eigenvalue weighted by Gasteiger charge is 2.08. The Morgan fingerprint density at radius 2 is 1.17 bits per heavy atom. The van der Waals surface area contributed by atoms with E-state index < -0.39 is 0 Å². The first-order valence-corrected chi connectivity index (χ1v) is 15.2. The quantitative estimate of drug-likeness (QED) is 0.132. The van der Waals surface area contributed by atoms with Gasteiger partial charge in [0.2, 0.25) is 0 Å². The maximum Gasteiger partial charge on any atom is 0.337 e. The number of benzene rings is 2. The minimum atomic E-state index is -0.363. The summed E-state index contributed by atoms with van der Waals surface area (Å²) in [6, 6.07) is 22.4. The highest BCUT2D eigenvalue weighted by molar-refractivity contribution is 6.31. The molecule has 4 heterocycles. The Kier molecular flexibility index (Phi) is 12.4. The van der Waals surface area contributed by atoms with Crippen molar-refractivity contribution in [3.8, 4) is 0 Å². The van der Waals surface area contributed by atoms with E-state index in [1.54, 1.807) is 49.1 Å². The molecular formula is C35H29Cl3N4O4. The van der Waals surface area contributed by atoms with Crippen LogP contribution in [0.2, 0.25) is 10.0 Å². The minimum Gasteiger partial charge on any atom is -0.465 e. The van der Waals surface area contributed by atoms with Crippen LogP contribution in [0.1, 0.15) is 43.2 Å². The molecule has 6 rings (SSSR count). The van der Waals surface area contributed by atoms with Gasteiger partial charge < -0.3 is 9.47 Å². The predicted molar refractivity (Wildman–Crippen MR) is 182 cm³/mol. The summed E-state index contributed by atoms with van der Waals surface area (Å²) in [4.78, 5) is 39.2. The lowest BCUT2D eigenvalue weighted by atomic mass is 10.1. The zero-order valence-corrected chi connectivity index (χ0v) is 27.5. The lowest BCUT2D eigenvalue weighted by Gasteiger charge is -2.05. The number of hydrogen-bond acceptors (Lipinski definition) is 8. The molecule has 0 radical (unpaired) electrons. The second-order valence-electron chi connectivity index (χ2n) is 9.88. The Morgan fingerprint density at radius 1 is 0.652 bits per heavy atom. The summed E-state index contributed by atoms with van der Waals surface area (Å²) in [7, 11) is 2.72. The smallest absolute Gasteiger partial charge is 0.337 e. The van der Waals surface area contributed by atoms with Crippen molar-refractivity contribution in [1.82, 2.24) is 19.9 Å². The van der Waals surface area contributed by atoms with Gasteiger partial charge in [-0.1, -0.05) is 35.3 Å². The second kappa shape index (κ2) is 16.6. The molecule has 11 heteroatoms. The Hall–Kier alpha value is -4.63. The predicted octanol–water partition coefficient (Wildman–Crippen LogP) is 8.46. The molecule has 0 amide bonds. The van der Waals surface area contributed by atoms with Crippen LogP contribution in [0.5, 0.6) is 0 Å². The Morgan fingerprint density at radius 3 is 1.72 bits per heavy atom. The van der Waals surface area contributed by atoms with Gasteiger partial charge in [0.25, 0.3) is 0 Å². The number of alkyl halides is 1. The summed E-state index contributed by atoms with van der Waals surface area (Å²) >= 11 is 17.5.